The average molecular weight is 229 g/mol. The second-order valence-electron chi connectivity index (χ2n) is 3.00. The molecule has 6 heteroatoms. The summed E-state index contributed by atoms with van der Waals surface area (Å²) in [5.41, 5.74) is 0.904. The van der Waals surface area contributed by atoms with Gasteiger partial charge in [-0.25, -0.2) is 18.4 Å². The van der Waals surface area contributed by atoms with Gasteiger partial charge in [-0.15, -0.1) is 0 Å². The molecule has 0 saturated heterocycles. The number of carbonyl (C=O) groups excluding carboxylic acids is 1. The first-order chi connectivity index (χ1) is 6.92. The Kier molecular flexibility index (Phi) is 3.43. The van der Waals surface area contributed by atoms with E-state index in [9.17, 15) is 13.2 Å². The number of primary sulfonamides is 1. The number of carbonyl (C=O) groups is 1. The van der Waals surface area contributed by atoms with Gasteiger partial charge in [-0.05, 0) is 17.7 Å². The molecule has 0 fully saturated rings. The lowest BCUT2D eigenvalue weighted by molar-refractivity contribution is 0.0600. The van der Waals surface area contributed by atoms with Crippen molar-refractivity contribution in [3.8, 4) is 0 Å². The van der Waals surface area contributed by atoms with Crippen LogP contribution >= 0.6 is 0 Å². The second-order valence-corrected chi connectivity index (χ2v) is 4.61. The molecule has 1 aromatic carbocycles. The molecule has 2 N–H and O–H groups in total. The lowest BCUT2D eigenvalue weighted by Crippen LogP contribution is -2.14. The van der Waals surface area contributed by atoms with Gasteiger partial charge in [0.1, 0.15) is 0 Å². The number of rotatable bonds is 3. The van der Waals surface area contributed by atoms with Gasteiger partial charge in [0.2, 0.25) is 10.0 Å². The summed E-state index contributed by atoms with van der Waals surface area (Å²) in [5, 5.41) is 4.87. The van der Waals surface area contributed by atoms with Crippen LogP contribution in [0, 0.1) is 0 Å². The fourth-order valence-corrected chi connectivity index (χ4v) is 1.74. The lowest BCUT2D eigenvalue weighted by atomic mass is 10.1. The van der Waals surface area contributed by atoms with Crippen molar-refractivity contribution < 1.29 is 17.9 Å². The molecule has 5 nitrogen and oxygen atoms in total. The molecule has 0 bridgehead atoms. The zero-order valence-electron chi connectivity index (χ0n) is 8.14. The first kappa shape index (κ1) is 11.7. The summed E-state index contributed by atoms with van der Waals surface area (Å²) in [7, 11) is -2.25. The van der Waals surface area contributed by atoms with Gasteiger partial charge >= 0.3 is 5.97 Å². The molecule has 15 heavy (non-hydrogen) atoms. The fourth-order valence-electron chi connectivity index (χ4n) is 1.09. The van der Waals surface area contributed by atoms with Crippen LogP contribution in [0.2, 0.25) is 0 Å². The summed E-state index contributed by atoms with van der Waals surface area (Å²) in [4.78, 5) is 11.0. The van der Waals surface area contributed by atoms with E-state index in [-0.39, 0.29) is 5.75 Å². The van der Waals surface area contributed by atoms with Crippen molar-refractivity contribution in [2.75, 3.05) is 7.11 Å². The van der Waals surface area contributed by atoms with Crippen molar-refractivity contribution in [2.45, 2.75) is 5.75 Å². The molecule has 0 aliphatic heterocycles. The number of ether oxygens (including phenoxy) is 1. The predicted molar refractivity (Wildman–Crippen MR) is 54.6 cm³/mol. The van der Waals surface area contributed by atoms with Crippen LogP contribution in [0.15, 0.2) is 24.3 Å². The molecule has 0 unspecified atom stereocenters. The Morgan fingerprint density at radius 2 is 1.87 bits per heavy atom. The summed E-state index contributed by atoms with van der Waals surface area (Å²) in [6.07, 6.45) is 0. The van der Waals surface area contributed by atoms with E-state index in [4.69, 9.17) is 5.14 Å². The van der Waals surface area contributed by atoms with Gasteiger partial charge in [0.05, 0.1) is 18.4 Å². The van der Waals surface area contributed by atoms with Crippen LogP contribution < -0.4 is 5.14 Å². The molecular formula is C9H11NO4S. The molecular weight excluding hydrogens is 218 g/mol. The van der Waals surface area contributed by atoms with Crippen LogP contribution in [0.25, 0.3) is 0 Å². The minimum Gasteiger partial charge on any atom is -0.465 e. The topological polar surface area (TPSA) is 86.5 Å². The van der Waals surface area contributed by atoms with Crippen LogP contribution in [0.4, 0.5) is 0 Å². The van der Waals surface area contributed by atoms with Crippen LogP contribution in [0.3, 0.4) is 0 Å². The van der Waals surface area contributed by atoms with Gasteiger partial charge in [0.15, 0.2) is 0 Å². The highest BCUT2D eigenvalue weighted by Crippen LogP contribution is 2.07. The first-order valence-corrected chi connectivity index (χ1v) is 5.81. The summed E-state index contributed by atoms with van der Waals surface area (Å²) in [6, 6.07) is 6.03. The van der Waals surface area contributed by atoms with Crippen LogP contribution in [-0.2, 0) is 20.5 Å². The molecule has 0 saturated carbocycles. The Labute approximate surface area is 87.9 Å². The van der Waals surface area contributed by atoms with E-state index in [1.54, 1.807) is 0 Å². The molecule has 0 amide bonds. The molecule has 82 valence electrons. The lowest BCUT2D eigenvalue weighted by Gasteiger charge is -2.01. The molecule has 0 spiro atoms. The maximum absolute atomic E-state index is 11.0. The van der Waals surface area contributed by atoms with E-state index in [1.807, 2.05) is 0 Å². The number of hydrogen-bond acceptors (Lipinski definition) is 4. The molecule has 0 radical (unpaired) electrons. The van der Waals surface area contributed by atoms with Crippen molar-refractivity contribution in [3.63, 3.8) is 0 Å². The minimum absolute atomic E-state index is 0.242. The minimum atomic E-state index is -3.53. The Morgan fingerprint density at radius 3 is 2.27 bits per heavy atom. The maximum Gasteiger partial charge on any atom is 0.337 e. The summed E-state index contributed by atoms with van der Waals surface area (Å²) in [5.74, 6) is -0.703. The third-order valence-electron chi connectivity index (χ3n) is 1.74. The van der Waals surface area contributed by atoms with Gasteiger partial charge in [-0.1, -0.05) is 12.1 Å². The number of sulfonamides is 1. The van der Waals surface area contributed by atoms with Crippen molar-refractivity contribution >= 4 is 16.0 Å². The van der Waals surface area contributed by atoms with E-state index in [2.05, 4.69) is 4.74 Å². The molecule has 0 heterocycles. The van der Waals surface area contributed by atoms with Gasteiger partial charge in [-0.3, -0.25) is 0 Å². The van der Waals surface area contributed by atoms with Crippen molar-refractivity contribution in [3.05, 3.63) is 35.4 Å². The highest BCUT2D eigenvalue weighted by atomic mass is 32.2. The first-order valence-electron chi connectivity index (χ1n) is 4.10. The third-order valence-corrected chi connectivity index (χ3v) is 2.48. The number of nitrogens with two attached hydrogens (primary N) is 1. The summed E-state index contributed by atoms with van der Waals surface area (Å²) < 4.78 is 26.0. The van der Waals surface area contributed by atoms with E-state index in [0.29, 0.717) is 11.1 Å². The fraction of sp³-hybridized carbons (Fsp3) is 0.222. The number of hydrogen-bond donors (Lipinski definition) is 1. The number of esters is 1. The third kappa shape index (κ3) is 3.69. The number of methoxy groups -OCH3 is 1. The van der Waals surface area contributed by atoms with E-state index < -0.39 is 16.0 Å². The van der Waals surface area contributed by atoms with Crippen molar-refractivity contribution in [1.82, 2.24) is 0 Å². The molecule has 1 aromatic rings. The Bertz CT molecular complexity index is 450. The SMILES string of the molecule is COC(=O)c1ccc(CS(N)(=O)=O)cc1. The van der Waals surface area contributed by atoms with Crippen LogP contribution in [-0.4, -0.2) is 21.5 Å². The van der Waals surface area contributed by atoms with Crippen LogP contribution in [0.5, 0.6) is 0 Å². The molecule has 1 rings (SSSR count). The van der Waals surface area contributed by atoms with Gasteiger partial charge in [0, 0.05) is 0 Å². The predicted octanol–water partition coefficient (Wildman–Crippen LogP) is 0.262. The molecule has 0 aliphatic rings. The maximum atomic E-state index is 11.0. The van der Waals surface area contributed by atoms with Gasteiger partial charge < -0.3 is 4.74 Å². The Balaban J connectivity index is 2.86. The average Bonchev–Trinajstić information content (AvgIpc) is 2.15. The van der Waals surface area contributed by atoms with Gasteiger partial charge in [-0.2, -0.15) is 0 Å². The standard InChI is InChI=1S/C9H11NO4S/c1-14-9(11)8-4-2-7(3-5-8)6-15(10,12)13/h2-5H,6H2,1H3,(H2,10,12,13). The number of benzene rings is 1. The van der Waals surface area contributed by atoms with E-state index >= 15 is 0 Å². The van der Waals surface area contributed by atoms with Gasteiger partial charge in [0.25, 0.3) is 0 Å². The van der Waals surface area contributed by atoms with Crippen molar-refractivity contribution in [2.24, 2.45) is 5.14 Å². The zero-order valence-corrected chi connectivity index (χ0v) is 8.95. The largest absolute Gasteiger partial charge is 0.465 e. The Hall–Kier alpha value is -1.40. The molecule has 0 aliphatic carbocycles. The second kappa shape index (κ2) is 4.41. The summed E-state index contributed by atoms with van der Waals surface area (Å²) >= 11 is 0. The monoisotopic (exact) mass is 229 g/mol. The molecule has 0 aromatic heterocycles. The highest BCUT2D eigenvalue weighted by Gasteiger charge is 2.07. The smallest absolute Gasteiger partial charge is 0.337 e. The van der Waals surface area contributed by atoms with E-state index in [1.165, 1.54) is 31.4 Å². The summed E-state index contributed by atoms with van der Waals surface area (Å²) in [6.45, 7) is 0. The Morgan fingerprint density at radius 1 is 1.33 bits per heavy atom. The highest BCUT2D eigenvalue weighted by molar-refractivity contribution is 7.88. The van der Waals surface area contributed by atoms with E-state index in [0.717, 1.165) is 0 Å². The normalized spacial score (nSPS) is 11.1. The van der Waals surface area contributed by atoms with Crippen LogP contribution in [0.1, 0.15) is 15.9 Å². The molecule has 0 atom stereocenters. The van der Waals surface area contributed by atoms with Crippen molar-refractivity contribution in [1.29, 1.82) is 0 Å². The zero-order chi connectivity index (χ0) is 11.5. The quantitative estimate of drug-likeness (QED) is 0.753.